The van der Waals surface area contributed by atoms with E-state index in [0.29, 0.717) is 0 Å². The summed E-state index contributed by atoms with van der Waals surface area (Å²) >= 11 is 1.88. The summed E-state index contributed by atoms with van der Waals surface area (Å²) in [5, 5.41) is 12.5. The summed E-state index contributed by atoms with van der Waals surface area (Å²) in [5.74, 6) is 0. The number of aromatic nitrogens is 1. The van der Waals surface area contributed by atoms with Crippen molar-refractivity contribution in [3.05, 3.63) is 254 Å². The largest absolute Gasteiger partial charge is 0.309 e. The van der Waals surface area contributed by atoms with E-state index in [4.69, 9.17) is 0 Å². The van der Waals surface area contributed by atoms with Crippen LogP contribution < -0.4 is 4.90 Å². The second-order valence-corrected chi connectivity index (χ2v) is 21.0. The molecule has 14 aromatic rings. The minimum Gasteiger partial charge on any atom is -0.309 e. The molecule has 1 aliphatic carbocycles. The first-order valence-electron chi connectivity index (χ1n) is 25.0. The van der Waals surface area contributed by atoms with E-state index in [2.05, 4.69) is 266 Å². The normalized spacial score (nSPS) is 13.0. The summed E-state index contributed by atoms with van der Waals surface area (Å²) in [6, 6.07) is 90.8. The molecule has 0 radical (unpaired) electrons. The summed E-state index contributed by atoms with van der Waals surface area (Å²) in [7, 11) is 0. The summed E-state index contributed by atoms with van der Waals surface area (Å²) in [4.78, 5) is 2.61. The fourth-order valence-electron chi connectivity index (χ4n) is 12.5. The highest BCUT2D eigenvalue weighted by Crippen LogP contribution is 2.55. The lowest BCUT2D eigenvalue weighted by Gasteiger charge is -2.32. The van der Waals surface area contributed by atoms with Gasteiger partial charge >= 0.3 is 0 Å². The summed E-state index contributed by atoms with van der Waals surface area (Å²) in [5.41, 5.74) is 16.8. The molecule has 0 aliphatic heterocycles. The van der Waals surface area contributed by atoms with E-state index in [1.807, 2.05) is 11.3 Å². The van der Waals surface area contributed by atoms with Crippen molar-refractivity contribution in [2.24, 2.45) is 0 Å². The van der Waals surface area contributed by atoms with Crippen LogP contribution >= 0.6 is 11.3 Å². The Kier molecular flexibility index (Phi) is 8.91. The summed E-state index contributed by atoms with van der Waals surface area (Å²) < 4.78 is 5.07. The Morgan fingerprint density at radius 1 is 0.361 bits per heavy atom. The lowest BCUT2D eigenvalue weighted by Crippen LogP contribution is -2.17. The number of anilines is 3. The second-order valence-electron chi connectivity index (χ2n) is 20.0. The molecule has 0 N–H and O–H groups in total. The lowest BCUT2D eigenvalue weighted by atomic mass is 9.82. The standard InChI is InChI=1S/C69H46N2S/c1-69(2)61-30-15-13-25-51(61)52-35-33-46(41-62(52)69)70(47-34-36-54-53-26-14-16-31-64(53)72-65(54)42-47)68-59(38-37-56-50-24-10-9-22-48(50)49-23-11-12-27-55(49)66(56)68)57-28-17-29-58-60-40-44(43-18-5-3-6-19-43)32-39-63(60)71(67(57)58)45-20-7-4-8-21-45/h3-42H,1-2H3. The maximum absolute atomic E-state index is 2.61. The van der Waals surface area contributed by atoms with E-state index in [-0.39, 0.29) is 5.41 Å². The second kappa shape index (κ2) is 15.6. The summed E-state index contributed by atoms with van der Waals surface area (Å²) in [6.45, 7) is 4.79. The van der Waals surface area contributed by atoms with Crippen molar-refractivity contribution in [1.29, 1.82) is 0 Å². The molecular weight excluding hydrogens is 889 g/mol. The van der Waals surface area contributed by atoms with Crippen molar-refractivity contribution >= 4 is 103 Å². The van der Waals surface area contributed by atoms with Crippen LogP contribution in [0.15, 0.2) is 243 Å². The third-order valence-electron chi connectivity index (χ3n) is 15.8. The average molecular weight is 935 g/mol. The van der Waals surface area contributed by atoms with E-state index >= 15 is 0 Å². The molecule has 2 heterocycles. The van der Waals surface area contributed by atoms with Crippen LogP contribution in [0.2, 0.25) is 0 Å². The molecule has 0 saturated heterocycles. The van der Waals surface area contributed by atoms with Gasteiger partial charge in [0, 0.05) is 69.9 Å². The molecule has 15 rings (SSSR count). The van der Waals surface area contributed by atoms with E-state index in [9.17, 15) is 0 Å². The average Bonchev–Trinajstić information content (AvgIpc) is 4.06. The predicted octanol–water partition coefficient (Wildman–Crippen LogP) is 19.7. The first kappa shape index (κ1) is 41.1. The van der Waals surface area contributed by atoms with Crippen LogP contribution in [0.25, 0.3) is 113 Å². The van der Waals surface area contributed by atoms with Gasteiger partial charge in [0.05, 0.1) is 16.7 Å². The Hall–Kier alpha value is -8.76. The van der Waals surface area contributed by atoms with Gasteiger partial charge in [0.2, 0.25) is 0 Å². The van der Waals surface area contributed by atoms with Crippen molar-refractivity contribution < 1.29 is 0 Å². The fraction of sp³-hybridized carbons (Fsp3) is 0.0435. The van der Waals surface area contributed by atoms with E-state index in [0.717, 1.165) is 28.3 Å². The molecule has 3 heteroatoms. The SMILES string of the molecule is CC1(C)c2ccccc2-c2ccc(N(c3ccc4c(c3)sc3ccccc34)c3c(-c4cccc5c6cc(-c7ccccc7)ccc6n(-c6ccccc6)c45)ccc4c5ccccc5c5ccccc5c34)cc21. The Bertz CT molecular complexity index is 4500. The van der Waals surface area contributed by atoms with Crippen LogP contribution in [-0.4, -0.2) is 4.57 Å². The Morgan fingerprint density at radius 2 is 0.931 bits per heavy atom. The first-order valence-corrected chi connectivity index (χ1v) is 25.8. The molecule has 0 unspecified atom stereocenters. The molecule has 338 valence electrons. The molecule has 0 bridgehead atoms. The first-order chi connectivity index (χ1) is 35.5. The molecule has 12 aromatic carbocycles. The van der Waals surface area contributed by atoms with Crippen LogP contribution in [0.4, 0.5) is 17.1 Å². The molecule has 0 amide bonds. The Balaban J connectivity index is 1.11. The molecule has 1 aliphatic rings. The quantitative estimate of drug-likeness (QED) is 0.151. The molecule has 2 aromatic heterocycles. The van der Waals surface area contributed by atoms with Crippen LogP contribution in [0, 0.1) is 0 Å². The van der Waals surface area contributed by atoms with E-state index in [1.54, 1.807) is 0 Å². The highest BCUT2D eigenvalue weighted by Gasteiger charge is 2.36. The maximum Gasteiger partial charge on any atom is 0.0625 e. The topological polar surface area (TPSA) is 8.17 Å². The number of para-hydroxylation sites is 2. The highest BCUT2D eigenvalue weighted by atomic mass is 32.1. The van der Waals surface area contributed by atoms with Crippen LogP contribution in [-0.2, 0) is 5.41 Å². The van der Waals surface area contributed by atoms with Gasteiger partial charge in [-0.15, -0.1) is 11.3 Å². The molecule has 0 spiro atoms. The minimum atomic E-state index is -0.200. The van der Waals surface area contributed by atoms with Crippen LogP contribution in [0.5, 0.6) is 0 Å². The van der Waals surface area contributed by atoms with Crippen LogP contribution in [0.3, 0.4) is 0 Å². The number of benzene rings is 12. The zero-order valence-corrected chi connectivity index (χ0v) is 40.7. The van der Waals surface area contributed by atoms with E-state index < -0.39 is 0 Å². The zero-order chi connectivity index (χ0) is 47.7. The Morgan fingerprint density at radius 3 is 1.74 bits per heavy atom. The highest BCUT2D eigenvalue weighted by molar-refractivity contribution is 7.25. The van der Waals surface area contributed by atoms with Gasteiger partial charge in [-0.05, 0) is 115 Å². The number of hydrogen-bond acceptors (Lipinski definition) is 2. The molecular formula is C69H46N2S. The number of rotatable bonds is 6. The number of fused-ring (bicyclic) bond motifs is 15. The van der Waals surface area contributed by atoms with Crippen molar-refractivity contribution in [2.45, 2.75) is 19.3 Å². The van der Waals surface area contributed by atoms with Gasteiger partial charge in [-0.1, -0.05) is 202 Å². The van der Waals surface area contributed by atoms with E-state index in [1.165, 1.54) is 113 Å². The number of hydrogen-bond donors (Lipinski definition) is 0. The van der Waals surface area contributed by atoms with Crippen molar-refractivity contribution in [3.8, 4) is 39.1 Å². The van der Waals surface area contributed by atoms with Gasteiger partial charge in [0.15, 0.2) is 0 Å². The predicted molar refractivity (Wildman–Crippen MR) is 309 cm³/mol. The molecule has 2 nitrogen and oxygen atoms in total. The summed E-state index contributed by atoms with van der Waals surface area (Å²) in [6.07, 6.45) is 0. The smallest absolute Gasteiger partial charge is 0.0625 e. The fourth-order valence-corrected chi connectivity index (χ4v) is 13.6. The van der Waals surface area contributed by atoms with Gasteiger partial charge in [-0.2, -0.15) is 0 Å². The maximum atomic E-state index is 2.61. The molecule has 0 saturated carbocycles. The van der Waals surface area contributed by atoms with Crippen LogP contribution in [0.1, 0.15) is 25.0 Å². The zero-order valence-electron chi connectivity index (χ0n) is 39.9. The third-order valence-corrected chi connectivity index (χ3v) is 16.9. The van der Waals surface area contributed by atoms with Crippen molar-refractivity contribution in [2.75, 3.05) is 4.90 Å². The Labute approximate surface area is 421 Å². The van der Waals surface area contributed by atoms with Crippen molar-refractivity contribution in [3.63, 3.8) is 0 Å². The van der Waals surface area contributed by atoms with Gasteiger partial charge in [0.25, 0.3) is 0 Å². The van der Waals surface area contributed by atoms with Gasteiger partial charge in [0.1, 0.15) is 0 Å². The van der Waals surface area contributed by atoms with Crippen molar-refractivity contribution in [1.82, 2.24) is 4.57 Å². The molecule has 72 heavy (non-hydrogen) atoms. The molecule has 0 fully saturated rings. The number of thiophene rings is 1. The van der Waals surface area contributed by atoms with Gasteiger partial charge in [-0.3, -0.25) is 0 Å². The minimum absolute atomic E-state index is 0.200. The lowest BCUT2D eigenvalue weighted by molar-refractivity contribution is 0.660. The monoisotopic (exact) mass is 934 g/mol. The van der Waals surface area contributed by atoms with Gasteiger partial charge < -0.3 is 9.47 Å². The number of nitrogens with zero attached hydrogens (tertiary/aromatic N) is 2. The van der Waals surface area contributed by atoms with Gasteiger partial charge in [-0.25, -0.2) is 0 Å². The molecule has 0 atom stereocenters. The third kappa shape index (κ3) is 5.95.